The molecule has 1 saturated heterocycles. The molecule has 0 amide bonds. The Bertz CT molecular complexity index is 227. The second-order valence-electron chi connectivity index (χ2n) is 4.99. The molecule has 4 heteroatoms. The van der Waals surface area contributed by atoms with Crippen molar-refractivity contribution in [1.29, 1.82) is 0 Å². The van der Waals surface area contributed by atoms with Crippen LogP contribution in [0.15, 0.2) is 0 Å². The van der Waals surface area contributed by atoms with Gasteiger partial charge in [-0.1, -0.05) is 26.7 Å². The highest BCUT2D eigenvalue weighted by atomic mass is 16.5. The molecule has 0 saturated carbocycles. The van der Waals surface area contributed by atoms with Gasteiger partial charge in [0.25, 0.3) is 0 Å². The molecule has 1 fully saturated rings. The number of esters is 1. The molecule has 94 valence electrons. The van der Waals surface area contributed by atoms with Crippen LogP contribution in [0.3, 0.4) is 0 Å². The van der Waals surface area contributed by atoms with Crippen LogP contribution in [-0.2, 0) is 9.53 Å². The van der Waals surface area contributed by atoms with Crippen LogP contribution >= 0.6 is 0 Å². The molecule has 0 aliphatic carbocycles. The predicted molar refractivity (Wildman–Crippen MR) is 59.7 cm³/mol. The van der Waals surface area contributed by atoms with Gasteiger partial charge in [0.15, 0.2) is 0 Å². The van der Waals surface area contributed by atoms with Gasteiger partial charge in [-0.3, -0.25) is 4.79 Å². The van der Waals surface area contributed by atoms with E-state index in [4.69, 9.17) is 9.84 Å². The maximum atomic E-state index is 11.4. The minimum atomic E-state index is -0.675. The molecule has 1 aliphatic rings. The highest BCUT2D eigenvalue weighted by Gasteiger charge is 2.41. The minimum Gasteiger partial charge on any atom is -0.465 e. The lowest BCUT2D eigenvalue weighted by atomic mass is 9.87. The Morgan fingerprint density at radius 2 is 2.12 bits per heavy atom. The van der Waals surface area contributed by atoms with Crippen molar-refractivity contribution < 1.29 is 19.7 Å². The Morgan fingerprint density at radius 3 is 2.69 bits per heavy atom. The number of hydrogen-bond donors (Lipinski definition) is 2. The summed E-state index contributed by atoms with van der Waals surface area (Å²) in [6.45, 7) is 4.40. The number of carbonyl (C=O) groups is 1. The van der Waals surface area contributed by atoms with Crippen LogP contribution < -0.4 is 0 Å². The summed E-state index contributed by atoms with van der Waals surface area (Å²) in [4.78, 5) is 11.4. The van der Waals surface area contributed by atoms with Gasteiger partial charge in [0.2, 0.25) is 0 Å². The van der Waals surface area contributed by atoms with Gasteiger partial charge in [0.1, 0.15) is 0 Å². The molecule has 0 aromatic carbocycles. The van der Waals surface area contributed by atoms with Crippen molar-refractivity contribution in [1.82, 2.24) is 0 Å². The summed E-state index contributed by atoms with van der Waals surface area (Å²) >= 11 is 0. The molecule has 1 heterocycles. The fourth-order valence-electron chi connectivity index (χ4n) is 2.13. The molecule has 0 bridgehead atoms. The molecule has 0 unspecified atom stereocenters. The molecule has 0 aromatic rings. The zero-order valence-corrected chi connectivity index (χ0v) is 10.1. The maximum Gasteiger partial charge on any atom is 0.312 e. The quantitative estimate of drug-likeness (QED) is 0.667. The van der Waals surface area contributed by atoms with Crippen LogP contribution in [0.5, 0.6) is 0 Å². The summed E-state index contributed by atoms with van der Waals surface area (Å²) < 4.78 is 4.86. The largest absolute Gasteiger partial charge is 0.465 e. The second kappa shape index (κ2) is 6.21. The van der Waals surface area contributed by atoms with Crippen molar-refractivity contribution in [3.8, 4) is 0 Å². The highest BCUT2D eigenvalue weighted by molar-refractivity contribution is 5.75. The highest BCUT2D eigenvalue weighted by Crippen LogP contribution is 2.27. The first-order valence-electron chi connectivity index (χ1n) is 6.01. The van der Waals surface area contributed by atoms with Crippen molar-refractivity contribution in [3.63, 3.8) is 0 Å². The lowest BCUT2D eigenvalue weighted by molar-refractivity contribution is -0.144. The summed E-state index contributed by atoms with van der Waals surface area (Å²) in [5.74, 6) is -0.522. The van der Waals surface area contributed by atoms with E-state index in [2.05, 4.69) is 13.8 Å². The van der Waals surface area contributed by atoms with Crippen molar-refractivity contribution in [2.75, 3.05) is 13.2 Å². The van der Waals surface area contributed by atoms with E-state index >= 15 is 0 Å². The van der Waals surface area contributed by atoms with E-state index in [9.17, 15) is 9.90 Å². The molecular weight excluding hydrogens is 208 g/mol. The van der Waals surface area contributed by atoms with E-state index in [1.807, 2.05) is 0 Å². The van der Waals surface area contributed by atoms with E-state index in [0.717, 1.165) is 12.8 Å². The molecule has 0 spiro atoms. The Labute approximate surface area is 96.6 Å². The smallest absolute Gasteiger partial charge is 0.312 e. The first kappa shape index (κ1) is 13.5. The molecule has 0 radical (unpaired) electrons. The van der Waals surface area contributed by atoms with Gasteiger partial charge in [-0.25, -0.2) is 0 Å². The number of aliphatic hydroxyl groups excluding tert-OH is 2. The lowest BCUT2D eigenvalue weighted by Gasteiger charge is -2.19. The van der Waals surface area contributed by atoms with Gasteiger partial charge in [0.05, 0.1) is 25.2 Å². The van der Waals surface area contributed by atoms with E-state index in [1.165, 1.54) is 0 Å². The Balaban J connectivity index is 2.39. The monoisotopic (exact) mass is 230 g/mol. The minimum absolute atomic E-state index is 0.0996. The normalized spacial score (nSPS) is 27.2. The molecule has 3 atom stereocenters. The molecule has 2 N–H and O–H groups in total. The summed E-state index contributed by atoms with van der Waals surface area (Å²) in [5, 5.41) is 19.0. The van der Waals surface area contributed by atoms with E-state index in [-0.39, 0.29) is 25.1 Å². The number of rotatable bonds is 6. The topological polar surface area (TPSA) is 66.8 Å². The van der Waals surface area contributed by atoms with Crippen molar-refractivity contribution in [3.05, 3.63) is 0 Å². The Kier molecular flexibility index (Phi) is 5.22. The van der Waals surface area contributed by atoms with Crippen molar-refractivity contribution >= 4 is 5.97 Å². The summed E-state index contributed by atoms with van der Waals surface area (Å²) in [5.41, 5.74) is 0. The predicted octanol–water partition coefficient (Wildman–Crippen LogP) is 0.955. The number of carbonyl (C=O) groups excluding carboxylic acids is 1. The van der Waals surface area contributed by atoms with Crippen LogP contribution in [0.4, 0.5) is 0 Å². The van der Waals surface area contributed by atoms with Crippen LogP contribution in [0.2, 0.25) is 0 Å². The van der Waals surface area contributed by atoms with Gasteiger partial charge in [-0.2, -0.15) is 0 Å². The van der Waals surface area contributed by atoms with Crippen LogP contribution in [0.1, 0.15) is 33.1 Å². The number of hydrogen-bond acceptors (Lipinski definition) is 4. The molecule has 1 aliphatic heterocycles. The van der Waals surface area contributed by atoms with E-state index in [1.54, 1.807) is 0 Å². The average molecular weight is 230 g/mol. The SMILES string of the molecule is CC(C)CCC[C@H](O)[C@@H]1C(=O)OC[C@@H]1CO. The summed E-state index contributed by atoms with van der Waals surface area (Å²) in [7, 11) is 0. The maximum absolute atomic E-state index is 11.4. The van der Waals surface area contributed by atoms with Gasteiger partial charge in [0, 0.05) is 5.92 Å². The van der Waals surface area contributed by atoms with Crippen LogP contribution in [0.25, 0.3) is 0 Å². The zero-order chi connectivity index (χ0) is 12.1. The van der Waals surface area contributed by atoms with Crippen LogP contribution in [-0.4, -0.2) is 35.5 Å². The first-order valence-corrected chi connectivity index (χ1v) is 6.01. The average Bonchev–Trinajstić information content (AvgIpc) is 2.58. The Morgan fingerprint density at radius 1 is 1.44 bits per heavy atom. The van der Waals surface area contributed by atoms with Gasteiger partial charge in [-0.05, 0) is 12.3 Å². The standard InChI is InChI=1S/C12H22O4/c1-8(2)4-3-5-10(14)11-9(6-13)7-16-12(11)15/h8-11,13-14H,3-7H2,1-2H3/t9-,10-,11+/m0/s1. The van der Waals surface area contributed by atoms with E-state index in [0.29, 0.717) is 12.3 Å². The number of ether oxygens (including phenoxy) is 1. The van der Waals surface area contributed by atoms with Gasteiger partial charge in [-0.15, -0.1) is 0 Å². The third-order valence-corrected chi connectivity index (χ3v) is 3.15. The van der Waals surface area contributed by atoms with Crippen molar-refractivity contribution in [2.45, 2.75) is 39.2 Å². The molecule has 16 heavy (non-hydrogen) atoms. The van der Waals surface area contributed by atoms with E-state index < -0.39 is 12.0 Å². The van der Waals surface area contributed by atoms with Crippen LogP contribution in [0, 0.1) is 17.8 Å². The molecule has 0 aromatic heterocycles. The number of cyclic esters (lactones) is 1. The molecule has 1 rings (SSSR count). The fourth-order valence-corrected chi connectivity index (χ4v) is 2.13. The summed E-state index contributed by atoms with van der Waals surface area (Å²) in [6, 6.07) is 0. The number of aliphatic hydroxyl groups is 2. The van der Waals surface area contributed by atoms with Gasteiger partial charge >= 0.3 is 5.97 Å². The zero-order valence-electron chi connectivity index (χ0n) is 10.1. The van der Waals surface area contributed by atoms with Crippen molar-refractivity contribution in [2.24, 2.45) is 17.8 Å². The van der Waals surface area contributed by atoms with Gasteiger partial charge < -0.3 is 14.9 Å². The first-order chi connectivity index (χ1) is 7.56. The Hall–Kier alpha value is -0.610. The second-order valence-corrected chi connectivity index (χ2v) is 4.99. The molecular formula is C12H22O4. The third-order valence-electron chi connectivity index (χ3n) is 3.15. The fraction of sp³-hybridized carbons (Fsp3) is 0.917. The summed E-state index contributed by atoms with van der Waals surface area (Å²) in [6.07, 6.45) is 1.88. The molecule has 4 nitrogen and oxygen atoms in total. The lowest BCUT2D eigenvalue weighted by Crippen LogP contribution is -2.31. The third kappa shape index (κ3) is 3.46.